The second-order valence-corrected chi connectivity index (χ2v) is 5.86. The van der Waals surface area contributed by atoms with E-state index in [-0.39, 0.29) is 11.9 Å². The van der Waals surface area contributed by atoms with Crippen LogP contribution in [0, 0.1) is 13.8 Å². The third-order valence-electron chi connectivity index (χ3n) is 4.06. The number of hydrogen-bond donors (Lipinski definition) is 1. The van der Waals surface area contributed by atoms with Crippen molar-refractivity contribution in [3.05, 3.63) is 70.8 Å². The highest BCUT2D eigenvalue weighted by Crippen LogP contribution is 2.24. The van der Waals surface area contributed by atoms with E-state index >= 15 is 0 Å². The second-order valence-electron chi connectivity index (χ2n) is 5.86. The molecule has 0 spiro atoms. The molecule has 0 fully saturated rings. The molecule has 22 heavy (non-hydrogen) atoms. The van der Waals surface area contributed by atoms with Crippen LogP contribution in [0.15, 0.2) is 48.5 Å². The van der Waals surface area contributed by atoms with Gasteiger partial charge in [-0.05, 0) is 42.5 Å². The Labute approximate surface area is 133 Å². The molecule has 0 saturated heterocycles. The highest BCUT2D eigenvalue weighted by atomic mass is 16.1. The van der Waals surface area contributed by atoms with Crippen molar-refractivity contribution >= 4 is 5.91 Å². The SMILES string of the molecule is CCCCC(=O)NC(c1ccccc1)c1ccc(C)c(C)c1. The van der Waals surface area contributed by atoms with E-state index in [1.165, 1.54) is 11.1 Å². The number of benzene rings is 2. The van der Waals surface area contributed by atoms with Crippen LogP contribution in [0.25, 0.3) is 0 Å². The van der Waals surface area contributed by atoms with Crippen molar-refractivity contribution < 1.29 is 4.79 Å². The van der Waals surface area contributed by atoms with Crippen LogP contribution >= 0.6 is 0 Å². The van der Waals surface area contributed by atoms with E-state index in [9.17, 15) is 4.79 Å². The average Bonchev–Trinajstić information content (AvgIpc) is 2.54. The van der Waals surface area contributed by atoms with Crippen LogP contribution in [0.1, 0.15) is 54.5 Å². The van der Waals surface area contributed by atoms with Gasteiger partial charge in [-0.2, -0.15) is 0 Å². The zero-order chi connectivity index (χ0) is 15.9. The summed E-state index contributed by atoms with van der Waals surface area (Å²) >= 11 is 0. The molecule has 0 radical (unpaired) electrons. The van der Waals surface area contributed by atoms with Gasteiger partial charge in [0.15, 0.2) is 0 Å². The zero-order valence-electron chi connectivity index (χ0n) is 13.7. The quantitative estimate of drug-likeness (QED) is 0.822. The Balaban J connectivity index is 2.29. The lowest BCUT2D eigenvalue weighted by Crippen LogP contribution is -2.29. The second kappa shape index (κ2) is 7.79. The molecule has 116 valence electrons. The molecule has 2 rings (SSSR count). The van der Waals surface area contributed by atoms with Crippen LogP contribution in [0.5, 0.6) is 0 Å². The molecule has 0 aliphatic heterocycles. The Morgan fingerprint density at radius 2 is 1.73 bits per heavy atom. The first-order valence-corrected chi connectivity index (χ1v) is 8.03. The average molecular weight is 295 g/mol. The summed E-state index contributed by atoms with van der Waals surface area (Å²) in [6.45, 7) is 6.32. The summed E-state index contributed by atoms with van der Waals surface area (Å²) in [7, 11) is 0. The Hall–Kier alpha value is -2.09. The molecule has 1 N–H and O–H groups in total. The summed E-state index contributed by atoms with van der Waals surface area (Å²) in [6.07, 6.45) is 2.55. The van der Waals surface area contributed by atoms with E-state index in [0.29, 0.717) is 6.42 Å². The summed E-state index contributed by atoms with van der Waals surface area (Å²) < 4.78 is 0. The molecule has 2 aromatic carbocycles. The van der Waals surface area contributed by atoms with Gasteiger partial charge in [0.05, 0.1) is 6.04 Å². The standard InChI is InChI=1S/C20H25NO/c1-4-5-11-19(22)21-20(17-9-7-6-8-10-17)18-13-12-15(2)16(3)14-18/h6-10,12-14,20H,4-5,11H2,1-3H3,(H,21,22). The molecule has 0 aliphatic rings. The van der Waals surface area contributed by atoms with E-state index in [0.717, 1.165) is 24.0 Å². The molecule has 0 aromatic heterocycles. The summed E-state index contributed by atoms with van der Waals surface area (Å²) in [6, 6.07) is 16.5. The molecule has 1 atom stereocenters. The summed E-state index contributed by atoms with van der Waals surface area (Å²) in [5.74, 6) is 0.119. The number of amides is 1. The number of hydrogen-bond acceptors (Lipinski definition) is 1. The van der Waals surface area contributed by atoms with Crippen molar-refractivity contribution in [3.63, 3.8) is 0 Å². The predicted molar refractivity (Wildman–Crippen MR) is 91.9 cm³/mol. The van der Waals surface area contributed by atoms with Gasteiger partial charge in [-0.3, -0.25) is 4.79 Å². The van der Waals surface area contributed by atoms with Crippen LogP contribution in [0.3, 0.4) is 0 Å². The maximum atomic E-state index is 12.2. The molecule has 0 heterocycles. The number of aryl methyl sites for hydroxylation is 2. The van der Waals surface area contributed by atoms with Crippen LogP contribution in [-0.2, 0) is 4.79 Å². The molecule has 2 aromatic rings. The molecule has 2 nitrogen and oxygen atoms in total. The largest absolute Gasteiger partial charge is 0.345 e. The van der Waals surface area contributed by atoms with Gasteiger partial charge in [0.25, 0.3) is 0 Å². The van der Waals surface area contributed by atoms with Crippen LogP contribution < -0.4 is 5.32 Å². The maximum absolute atomic E-state index is 12.2. The van der Waals surface area contributed by atoms with Crippen LogP contribution in [0.2, 0.25) is 0 Å². The molecule has 0 aliphatic carbocycles. The fourth-order valence-corrected chi connectivity index (χ4v) is 2.52. The minimum Gasteiger partial charge on any atom is -0.345 e. The summed E-state index contributed by atoms with van der Waals surface area (Å²) in [5, 5.41) is 3.19. The van der Waals surface area contributed by atoms with Gasteiger partial charge in [-0.15, -0.1) is 0 Å². The minimum atomic E-state index is -0.0788. The normalized spacial score (nSPS) is 12.0. The van der Waals surface area contributed by atoms with Gasteiger partial charge in [0.1, 0.15) is 0 Å². The number of rotatable bonds is 6. The van der Waals surface area contributed by atoms with Gasteiger partial charge in [0.2, 0.25) is 5.91 Å². The first-order valence-electron chi connectivity index (χ1n) is 8.03. The van der Waals surface area contributed by atoms with E-state index in [1.807, 2.05) is 18.2 Å². The number of carbonyl (C=O) groups excluding carboxylic acids is 1. The zero-order valence-corrected chi connectivity index (χ0v) is 13.7. The topological polar surface area (TPSA) is 29.1 Å². The molecule has 2 heteroatoms. The molecule has 0 saturated carbocycles. The first-order chi connectivity index (χ1) is 10.6. The van der Waals surface area contributed by atoms with Gasteiger partial charge in [-0.1, -0.05) is 61.9 Å². The number of nitrogens with one attached hydrogen (secondary N) is 1. The molecule has 1 amide bonds. The summed E-state index contributed by atoms with van der Waals surface area (Å²) in [5.41, 5.74) is 4.78. The van der Waals surface area contributed by atoms with Gasteiger partial charge >= 0.3 is 0 Å². The number of carbonyl (C=O) groups is 1. The Kier molecular flexibility index (Phi) is 5.76. The Bertz CT molecular complexity index is 619. The lowest BCUT2D eigenvalue weighted by Gasteiger charge is -2.21. The fourth-order valence-electron chi connectivity index (χ4n) is 2.52. The third kappa shape index (κ3) is 4.20. The van der Waals surface area contributed by atoms with E-state index in [4.69, 9.17) is 0 Å². The smallest absolute Gasteiger partial charge is 0.220 e. The third-order valence-corrected chi connectivity index (χ3v) is 4.06. The Morgan fingerprint density at radius 3 is 2.36 bits per heavy atom. The highest BCUT2D eigenvalue weighted by molar-refractivity contribution is 5.77. The lowest BCUT2D eigenvalue weighted by atomic mass is 9.95. The van der Waals surface area contributed by atoms with Crippen molar-refractivity contribution in [2.75, 3.05) is 0 Å². The van der Waals surface area contributed by atoms with E-state index in [2.05, 4.69) is 56.4 Å². The summed E-state index contributed by atoms with van der Waals surface area (Å²) in [4.78, 5) is 12.2. The first kappa shape index (κ1) is 16.3. The lowest BCUT2D eigenvalue weighted by molar-refractivity contribution is -0.121. The van der Waals surface area contributed by atoms with E-state index in [1.54, 1.807) is 0 Å². The molecular weight excluding hydrogens is 270 g/mol. The van der Waals surface area contributed by atoms with Crippen LogP contribution in [-0.4, -0.2) is 5.91 Å². The van der Waals surface area contributed by atoms with E-state index < -0.39 is 0 Å². The van der Waals surface area contributed by atoms with Crippen molar-refractivity contribution in [2.24, 2.45) is 0 Å². The monoisotopic (exact) mass is 295 g/mol. The molecule has 0 bridgehead atoms. The minimum absolute atomic E-state index is 0.0788. The molecule has 1 unspecified atom stereocenters. The van der Waals surface area contributed by atoms with Gasteiger partial charge in [-0.25, -0.2) is 0 Å². The fraction of sp³-hybridized carbons (Fsp3) is 0.350. The highest BCUT2D eigenvalue weighted by Gasteiger charge is 2.16. The van der Waals surface area contributed by atoms with Crippen LogP contribution in [0.4, 0.5) is 0 Å². The predicted octanol–water partition coefficient (Wildman–Crippen LogP) is 4.70. The maximum Gasteiger partial charge on any atom is 0.220 e. The van der Waals surface area contributed by atoms with Crippen molar-refractivity contribution in [1.82, 2.24) is 5.32 Å². The Morgan fingerprint density at radius 1 is 1.00 bits per heavy atom. The number of unbranched alkanes of at least 4 members (excludes halogenated alkanes) is 1. The van der Waals surface area contributed by atoms with Crippen molar-refractivity contribution in [3.8, 4) is 0 Å². The molecular formula is C20H25NO. The van der Waals surface area contributed by atoms with Gasteiger partial charge in [0, 0.05) is 6.42 Å². The van der Waals surface area contributed by atoms with Crippen molar-refractivity contribution in [1.29, 1.82) is 0 Å². The van der Waals surface area contributed by atoms with Gasteiger partial charge < -0.3 is 5.32 Å². The van der Waals surface area contributed by atoms with Crippen molar-refractivity contribution in [2.45, 2.75) is 46.1 Å².